The summed E-state index contributed by atoms with van der Waals surface area (Å²) in [5, 5.41) is 2.29. The van der Waals surface area contributed by atoms with E-state index in [4.69, 9.17) is 4.42 Å². The van der Waals surface area contributed by atoms with Crippen LogP contribution in [0.1, 0.15) is 62.4 Å². The fourth-order valence-electron chi connectivity index (χ4n) is 6.59. The fraction of sp³-hybridized carbons (Fsp3) is 0.154. The second kappa shape index (κ2) is 19.1. The van der Waals surface area contributed by atoms with Gasteiger partial charge < -0.3 is 9.32 Å². The zero-order valence-electron chi connectivity index (χ0n) is 32.8. The first kappa shape index (κ1) is 39.1. The van der Waals surface area contributed by atoms with Crippen molar-refractivity contribution < 1.29 is 4.42 Å². The van der Waals surface area contributed by atoms with Crippen LogP contribution >= 0.6 is 0 Å². The SMILES string of the molecule is C=C(C)C.C=C1/C=C\C=C/N(c2ccc3oc4c(-c5cccc(C)c5)cc(C/C=C/C=C\C=C/C)c(Cc5ccccc5)c4c3c2)c2ccccc21.CC. The van der Waals surface area contributed by atoms with E-state index in [1.807, 2.05) is 46.8 Å². The van der Waals surface area contributed by atoms with Gasteiger partial charge in [0.25, 0.3) is 0 Å². The zero-order chi connectivity index (χ0) is 38.5. The Morgan fingerprint density at radius 2 is 1.52 bits per heavy atom. The number of anilines is 2. The van der Waals surface area contributed by atoms with E-state index in [2.05, 4.69) is 177 Å². The summed E-state index contributed by atoms with van der Waals surface area (Å²) in [7, 11) is 0. The van der Waals surface area contributed by atoms with Crippen LogP contribution in [0, 0.1) is 6.92 Å². The van der Waals surface area contributed by atoms with Crippen LogP contribution in [0.25, 0.3) is 38.6 Å². The molecule has 0 unspecified atom stereocenters. The van der Waals surface area contributed by atoms with Crippen LogP contribution in [0.2, 0.25) is 0 Å². The van der Waals surface area contributed by atoms with Gasteiger partial charge in [-0.05, 0) is 105 Å². The summed E-state index contributed by atoms with van der Waals surface area (Å²) in [6.45, 7) is 20.0. The number of rotatable bonds is 8. The Morgan fingerprint density at radius 1 is 0.778 bits per heavy atom. The third-order valence-corrected chi connectivity index (χ3v) is 8.91. The van der Waals surface area contributed by atoms with Crippen LogP contribution < -0.4 is 4.90 Å². The minimum absolute atomic E-state index is 0.805. The molecule has 6 aromatic rings. The van der Waals surface area contributed by atoms with Crippen molar-refractivity contribution in [3.8, 4) is 11.1 Å². The molecule has 272 valence electrons. The van der Waals surface area contributed by atoms with Crippen LogP contribution in [-0.2, 0) is 12.8 Å². The molecule has 0 aliphatic carbocycles. The van der Waals surface area contributed by atoms with Crippen molar-refractivity contribution in [2.24, 2.45) is 0 Å². The van der Waals surface area contributed by atoms with Crippen molar-refractivity contribution in [3.63, 3.8) is 0 Å². The first-order valence-electron chi connectivity index (χ1n) is 18.9. The van der Waals surface area contributed by atoms with Crippen LogP contribution in [0.5, 0.6) is 0 Å². The van der Waals surface area contributed by atoms with Gasteiger partial charge in [0.05, 0.1) is 5.69 Å². The van der Waals surface area contributed by atoms with Crippen molar-refractivity contribution in [1.82, 2.24) is 0 Å². The largest absolute Gasteiger partial charge is 0.455 e. The first-order valence-corrected chi connectivity index (χ1v) is 18.9. The van der Waals surface area contributed by atoms with Gasteiger partial charge in [-0.2, -0.15) is 0 Å². The molecule has 0 fully saturated rings. The number of fused-ring (bicyclic) bond motifs is 4. The van der Waals surface area contributed by atoms with Crippen LogP contribution in [0.15, 0.2) is 187 Å². The summed E-state index contributed by atoms with van der Waals surface area (Å²) in [6.07, 6.45) is 22.6. The number of furan rings is 1. The van der Waals surface area contributed by atoms with Gasteiger partial charge in [-0.25, -0.2) is 0 Å². The molecular formula is C52H53NO. The van der Waals surface area contributed by atoms with Crippen molar-refractivity contribution in [1.29, 1.82) is 0 Å². The van der Waals surface area contributed by atoms with Gasteiger partial charge in [0.2, 0.25) is 0 Å². The Bertz CT molecular complexity index is 2370. The molecule has 0 atom stereocenters. The second-order valence-electron chi connectivity index (χ2n) is 13.4. The van der Waals surface area contributed by atoms with E-state index in [9.17, 15) is 0 Å². The lowest BCUT2D eigenvalue weighted by Gasteiger charge is -2.25. The number of benzene rings is 5. The van der Waals surface area contributed by atoms with E-state index in [1.54, 1.807) is 0 Å². The quantitative estimate of drug-likeness (QED) is 0.116. The monoisotopic (exact) mass is 707 g/mol. The van der Waals surface area contributed by atoms with Crippen molar-refractivity contribution >= 4 is 38.9 Å². The Balaban J connectivity index is 0.000000878. The van der Waals surface area contributed by atoms with Gasteiger partial charge in [0, 0.05) is 33.8 Å². The zero-order valence-corrected chi connectivity index (χ0v) is 32.8. The molecule has 1 aromatic heterocycles. The van der Waals surface area contributed by atoms with Crippen molar-refractivity contribution in [2.75, 3.05) is 4.90 Å². The smallest absolute Gasteiger partial charge is 0.143 e. The molecule has 2 heteroatoms. The predicted molar refractivity (Wildman–Crippen MR) is 238 cm³/mol. The molecule has 0 N–H and O–H groups in total. The minimum Gasteiger partial charge on any atom is -0.455 e. The van der Waals surface area contributed by atoms with Crippen LogP contribution in [0.4, 0.5) is 11.4 Å². The molecule has 0 radical (unpaired) electrons. The summed E-state index contributed by atoms with van der Waals surface area (Å²) >= 11 is 0. The average molecular weight is 708 g/mol. The Kier molecular flexibility index (Phi) is 13.8. The van der Waals surface area contributed by atoms with E-state index >= 15 is 0 Å². The topological polar surface area (TPSA) is 16.4 Å². The fourth-order valence-corrected chi connectivity index (χ4v) is 6.59. The number of aryl methyl sites for hydroxylation is 1. The van der Waals surface area contributed by atoms with Gasteiger partial charge in [-0.3, -0.25) is 0 Å². The maximum Gasteiger partial charge on any atom is 0.143 e. The molecule has 0 bridgehead atoms. The second-order valence-corrected chi connectivity index (χ2v) is 13.4. The van der Waals surface area contributed by atoms with Gasteiger partial charge in [-0.1, -0.05) is 153 Å². The molecule has 1 aliphatic heterocycles. The molecule has 1 aliphatic rings. The highest BCUT2D eigenvalue weighted by atomic mass is 16.3. The number of allylic oxidation sites excluding steroid dienone is 11. The highest BCUT2D eigenvalue weighted by Gasteiger charge is 2.22. The van der Waals surface area contributed by atoms with Gasteiger partial charge in [0.1, 0.15) is 11.2 Å². The third-order valence-electron chi connectivity index (χ3n) is 8.91. The summed E-state index contributed by atoms with van der Waals surface area (Å²) in [6, 6.07) is 36.9. The Labute approximate surface area is 323 Å². The average Bonchev–Trinajstić information content (AvgIpc) is 3.56. The van der Waals surface area contributed by atoms with Crippen molar-refractivity contribution in [2.45, 2.75) is 54.4 Å². The molecular weight excluding hydrogens is 655 g/mol. The molecule has 7 rings (SSSR count). The molecule has 2 nitrogen and oxygen atoms in total. The minimum atomic E-state index is 0.805. The van der Waals surface area contributed by atoms with Crippen LogP contribution in [-0.4, -0.2) is 0 Å². The van der Waals surface area contributed by atoms with Gasteiger partial charge >= 0.3 is 0 Å². The summed E-state index contributed by atoms with van der Waals surface area (Å²) in [5.74, 6) is 0. The van der Waals surface area contributed by atoms with E-state index in [0.29, 0.717) is 0 Å². The molecule has 0 amide bonds. The predicted octanol–water partition coefficient (Wildman–Crippen LogP) is 15.2. The molecule has 0 saturated heterocycles. The summed E-state index contributed by atoms with van der Waals surface area (Å²) in [4.78, 5) is 2.25. The molecule has 0 saturated carbocycles. The highest BCUT2D eigenvalue weighted by Crippen LogP contribution is 2.43. The lowest BCUT2D eigenvalue weighted by Crippen LogP contribution is -2.11. The lowest BCUT2D eigenvalue weighted by molar-refractivity contribution is 0.669. The lowest BCUT2D eigenvalue weighted by atomic mass is 9.89. The van der Waals surface area contributed by atoms with E-state index in [0.717, 1.165) is 63.0 Å². The molecule has 5 aromatic carbocycles. The van der Waals surface area contributed by atoms with Crippen LogP contribution in [0.3, 0.4) is 0 Å². The van der Waals surface area contributed by atoms with E-state index < -0.39 is 0 Å². The third kappa shape index (κ3) is 9.45. The maximum atomic E-state index is 6.86. The molecule has 54 heavy (non-hydrogen) atoms. The maximum absolute atomic E-state index is 6.86. The van der Waals surface area contributed by atoms with E-state index in [1.165, 1.54) is 33.2 Å². The normalized spacial score (nSPS) is 13.7. The van der Waals surface area contributed by atoms with Gasteiger partial charge in [0.15, 0.2) is 0 Å². The summed E-state index contributed by atoms with van der Waals surface area (Å²) in [5.41, 5.74) is 14.6. The number of para-hydroxylation sites is 1. The van der Waals surface area contributed by atoms with Gasteiger partial charge in [-0.15, -0.1) is 6.58 Å². The first-order chi connectivity index (χ1) is 26.3. The summed E-state index contributed by atoms with van der Waals surface area (Å²) < 4.78 is 6.86. The van der Waals surface area contributed by atoms with Crippen molar-refractivity contribution in [3.05, 3.63) is 211 Å². The van der Waals surface area contributed by atoms with E-state index in [-0.39, 0.29) is 0 Å². The number of hydrogen-bond acceptors (Lipinski definition) is 2. The number of nitrogens with zero attached hydrogens (tertiary/aromatic N) is 1. The standard InChI is InChI=1S/C46H39NO.C4H8.C2H6/c1-4-5-6-7-8-12-22-37-31-41(36-23-17-18-33(2)29-36)46-45(40(37)30-35-20-10-9-11-21-35)42-32-38(26-27-44(42)48-46)47-28-16-15-19-34(3)39-24-13-14-25-43(39)47;1-4(2)3;1-2/h4-21,23-29,31-32H,3,22,30H2,1-2H3;1H2,2-3H3;1-2H3/b5-4-,7-6-,12-8+,19-15-,28-16-;;. The highest BCUT2D eigenvalue weighted by molar-refractivity contribution is 6.13. The molecule has 0 spiro atoms. The Hall–Kier alpha value is -6.12. The number of hydrogen-bond donors (Lipinski definition) is 0. The molecule has 2 heterocycles. The Morgan fingerprint density at radius 3 is 2.28 bits per heavy atom.